The highest BCUT2D eigenvalue weighted by Crippen LogP contribution is 2.39. The van der Waals surface area contributed by atoms with E-state index in [2.05, 4.69) is 50.9 Å². The number of H-pyrrole nitrogens is 1. The van der Waals surface area contributed by atoms with Crippen LogP contribution in [-0.2, 0) is 10.3 Å². The van der Waals surface area contributed by atoms with Gasteiger partial charge in [0.1, 0.15) is 11.9 Å². The topological polar surface area (TPSA) is 62.3 Å². The monoisotopic (exact) mass is 407 g/mol. The Morgan fingerprint density at radius 1 is 1.17 bits per heavy atom. The number of benzene rings is 2. The van der Waals surface area contributed by atoms with Gasteiger partial charge in [-0.25, -0.2) is 0 Å². The van der Waals surface area contributed by atoms with E-state index in [1.54, 1.807) is 0 Å². The Labute approximate surface area is 179 Å². The Kier molecular flexibility index (Phi) is 7.11. The van der Waals surface area contributed by atoms with Gasteiger partial charge in [-0.2, -0.15) is 0 Å². The summed E-state index contributed by atoms with van der Waals surface area (Å²) in [5.74, 6) is 0.380. The quantitative estimate of drug-likeness (QED) is 0.394. The second-order valence-corrected chi connectivity index (χ2v) is 8.28. The summed E-state index contributed by atoms with van der Waals surface area (Å²) in [6.45, 7) is 9.29. The number of nitrogens with one attached hydrogen (secondary N) is 1. The van der Waals surface area contributed by atoms with Crippen molar-refractivity contribution in [2.75, 3.05) is 13.2 Å². The third-order valence-corrected chi connectivity index (χ3v) is 5.91. The molecule has 0 bridgehead atoms. The van der Waals surface area contributed by atoms with Gasteiger partial charge in [0.15, 0.2) is 0 Å². The number of aromatic amines is 1. The third kappa shape index (κ3) is 4.35. The maximum Gasteiger partial charge on any atom is 0.150 e. The molecule has 2 N–H and O–H groups in total. The van der Waals surface area contributed by atoms with E-state index in [4.69, 9.17) is 4.74 Å². The van der Waals surface area contributed by atoms with Gasteiger partial charge in [-0.15, -0.1) is 0 Å². The molecule has 0 radical (unpaired) electrons. The number of hydrogen-bond donors (Lipinski definition) is 2. The van der Waals surface area contributed by atoms with E-state index in [-0.39, 0.29) is 6.61 Å². The van der Waals surface area contributed by atoms with Crippen LogP contribution in [0.4, 0.5) is 0 Å². The number of aliphatic hydroxyl groups is 1. The maximum atomic E-state index is 11.3. The molecule has 0 spiro atoms. The van der Waals surface area contributed by atoms with Crippen molar-refractivity contribution in [3.05, 3.63) is 59.3 Å². The number of aromatic nitrogens is 1. The van der Waals surface area contributed by atoms with E-state index in [0.717, 1.165) is 46.9 Å². The van der Waals surface area contributed by atoms with Gasteiger partial charge >= 0.3 is 0 Å². The summed E-state index contributed by atoms with van der Waals surface area (Å²) in [4.78, 5) is 15.0. The zero-order valence-electron chi connectivity index (χ0n) is 18.5. The smallest absolute Gasteiger partial charge is 0.150 e. The number of carbonyl (C=O) groups excluding carboxylic acids is 1. The molecule has 3 rings (SSSR count). The summed E-state index contributed by atoms with van der Waals surface area (Å²) in [7, 11) is 0. The van der Waals surface area contributed by atoms with Crippen molar-refractivity contribution < 1.29 is 14.6 Å². The average molecular weight is 408 g/mol. The maximum absolute atomic E-state index is 11.3. The molecule has 1 heterocycles. The molecular formula is C26H33NO3. The van der Waals surface area contributed by atoms with Crippen LogP contribution in [-0.4, -0.2) is 29.6 Å². The van der Waals surface area contributed by atoms with Crippen molar-refractivity contribution in [1.82, 2.24) is 4.98 Å². The largest absolute Gasteiger partial charge is 0.396 e. The molecular weight excluding hydrogens is 374 g/mol. The first-order valence-electron chi connectivity index (χ1n) is 11.0. The van der Waals surface area contributed by atoms with Gasteiger partial charge in [0.05, 0.1) is 5.52 Å². The zero-order chi connectivity index (χ0) is 21.7. The Bertz CT molecular complexity index is 1000. The normalized spacial score (nSPS) is 13.7. The Morgan fingerprint density at radius 2 is 1.97 bits per heavy atom. The summed E-state index contributed by atoms with van der Waals surface area (Å²) in [5.41, 5.74) is 5.50. The molecule has 0 amide bonds. The fourth-order valence-corrected chi connectivity index (χ4v) is 4.09. The van der Waals surface area contributed by atoms with Gasteiger partial charge in [-0.05, 0) is 54.2 Å². The first kappa shape index (κ1) is 22.3. The lowest BCUT2D eigenvalue weighted by Crippen LogP contribution is -2.31. The molecule has 2 aromatic carbocycles. The molecule has 1 atom stereocenters. The lowest BCUT2D eigenvalue weighted by molar-refractivity contribution is -0.0706. The molecule has 0 saturated carbocycles. The van der Waals surface area contributed by atoms with Crippen LogP contribution in [0.1, 0.15) is 74.5 Å². The van der Waals surface area contributed by atoms with Crippen LogP contribution in [0, 0.1) is 0 Å². The summed E-state index contributed by atoms with van der Waals surface area (Å²) >= 11 is 0. The highest BCUT2D eigenvalue weighted by atomic mass is 16.5. The van der Waals surface area contributed by atoms with Crippen molar-refractivity contribution in [1.29, 1.82) is 0 Å². The van der Waals surface area contributed by atoms with Crippen molar-refractivity contribution in [2.24, 2.45) is 0 Å². The molecule has 3 aromatic rings. The van der Waals surface area contributed by atoms with Gasteiger partial charge in [0, 0.05) is 41.8 Å². The van der Waals surface area contributed by atoms with Gasteiger partial charge in [-0.1, -0.05) is 45.9 Å². The minimum Gasteiger partial charge on any atom is -0.396 e. The molecule has 1 aromatic heterocycles. The zero-order valence-corrected chi connectivity index (χ0v) is 18.5. The molecule has 4 nitrogen and oxygen atoms in total. The lowest BCUT2D eigenvalue weighted by atomic mass is 9.91. The first-order chi connectivity index (χ1) is 14.5. The molecule has 0 aliphatic carbocycles. The molecule has 0 saturated heterocycles. The van der Waals surface area contributed by atoms with Gasteiger partial charge in [0.2, 0.25) is 0 Å². The number of ether oxygens (including phenoxy) is 1. The molecule has 0 aliphatic heterocycles. The standard InChI is InChI=1S/C26H33NO3/c1-5-12-30-26(6-2,10-11-28)24-16-22-14-21(18(3)4)15-23(25(22)27-24)20-9-7-8-19(13-20)17-29/h7-9,13-18,27-28H,5-6,10-12H2,1-4H3. The Hall–Kier alpha value is -2.43. The number of aldehydes is 1. The van der Waals surface area contributed by atoms with Gasteiger partial charge in [-0.3, -0.25) is 4.79 Å². The van der Waals surface area contributed by atoms with Crippen molar-refractivity contribution in [3.8, 4) is 11.1 Å². The molecule has 0 aliphatic rings. The fourth-order valence-electron chi connectivity index (χ4n) is 4.09. The highest BCUT2D eigenvalue weighted by molar-refractivity contribution is 5.96. The summed E-state index contributed by atoms with van der Waals surface area (Å²) < 4.78 is 6.31. The molecule has 30 heavy (non-hydrogen) atoms. The van der Waals surface area contributed by atoms with Crippen molar-refractivity contribution >= 4 is 17.2 Å². The van der Waals surface area contributed by atoms with E-state index in [1.165, 1.54) is 5.56 Å². The van der Waals surface area contributed by atoms with E-state index in [0.29, 0.717) is 24.5 Å². The van der Waals surface area contributed by atoms with Crippen LogP contribution >= 0.6 is 0 Å². The van der Waals surface area contributed by atoms with Crippen molar-refractivity contribution in [3.63, 3.8) is 0 Å². The van der Waals surface area contributed by atoms with Crippen LogP contribution in [0.2, 0.25) is 0 Å². The molecule has 160 valence electrons. The molecule has 4 heteroatoms. The Balaban J connectivity index is 2.24. The number of aliphatic hydroxyl groups excluding tert-OH is 1. The van der Waals surface area contributed by atoms with Crippen LogP contribution in [0.15, 0.2) is 42.5 Å². The molecule has 1 unspecified atom stereocenters. The van der Waals surface area contributed by atoms with E-state index in [9.17, 15) is 9.90 Å². The lowest BCUT2D eigenvalue weighted by Gasteiger charge is -2.31. The number of hydrogen-bond acceptors (Lipinski definition) is 3. The Morgan fingerprint density at radius 3 is 2.60 bits per heavy atom. The average Bonchev–Trinajstić information content (AvgIpc) is 3.20. The minimum atomic E-state index is -0.538. The van der Waals surface area contributed by atoms with Crippen LogP contribution < -0.4 is 0 Å². The highest BCUT2D eigenvalue weighted by Gasteiger charge is 2.33. The molecule has 0 fully saturated rings. The van der Waals surface area contributed by atoms with Gasteiger partial charge < -0.3 is 14.8 Å². The first-order valence-corrected chi connectivity index (χ1v) is 11.0. The minimum absolute atomic E-state index is 0.0679. The number of rotatable bonds is 10. The van der Waals surface area contributed by atoms with Crippen LogP contribution in [0.3, 0.4) is 0 Å². The van der Waals surface area contributed by atoms with E-state index >= 15 is 0 Å². The number of fused-ring (bicyclic) bond motifs is 1. The second kappa shape index (κ2) is 9.59. The second-order valence-electron chi connectivity index (χ2n) is 8.28. The summed E-state index contributed by atoms with van der Waals surface area (Å²) in [6.07, 6.45) is 3.13. The van der Waals surface area contributed by atoms with E-state index < -0.39 is 5.60 Å². The van der Waals surface area contributed by atoms with Crippen molar-refractivity contribution in [2.45, 2.75) is 58.5 Å². The summed E-state index contributed by atoms with van der Waals surface area (Å²) in [5, 5.41) is 10.9. The SMILES string of the molecule is CCCOC(CC)(CCO)c1cc2cc(C(C)C)cc(-c3cccc(C=O)c3)c2[nH]1. The van der Waals surface area contributed by atoms with Crippen LogP contribution in [0.5, 0.6) is 0 Å². The van der Waals surface area contributed by atoms with E-state index in [1.807, 2.05) is 24.3 Å². The predicted molar refractivity (Wildman–Crippen MR) is 123 cm³/mol. The predicted octanol–water partition coefficient (Wildman–Crippen LogP) is 6.19. The summed E-state index contributed by atoms with van der Waals surface area (Å²) in [6, 6.07) is 14.3. The third-order valence-electron chi connectivity index (χ3n) is 5.91. The fraction of sp³-hybridized carbons (Fsp3) is 0.423. The van der Waals surface area contributed by atoms with Gasteiger partial charge in [0.25, 0.3) is 0 Å². The number of carbonyl (C=O) groups is 1. The van der Waals surface area contributed by atoms with Crippen LogP contribution in [0.25, 0.3) is 22.0 Å².